The van der Waals surface area contributed by atoms with Crippen molar-refractivity contribution in [3.63, 3.8) is 0 Å². The van der Waals surface area contributed by atoms with Gasteiger partial charge in [0.05, 0.1) is 5.56 Å². The molecule has 21 heavy (non-hydrogen) atoms. The normalized spacial score (nSPS) is 11.8. The molecule has 1 aromatic rings. The molecule has 6 heteroatoms. The monoisotopic (exact) mass is 310 g/mol. The van der Waals surface area contributed by atoms with E-state index in [-0.39, 0.29) is 11.6 Å². The van der Waals surface area contributed by atoms with Gasteiger partial charge in [0.25, 0.3) is 0 Å². The number of hydrogen-bond donors (Lipinski definition) is 2. The van der Waals surface area contributed by atoms with E-state index in [0.29, 0.717) is 18.3 Å². The Hall–Kier alpha value is -1.69. The summed E-state index contributed by atoms with van der Waals surface area (Å²) in [6, 6.07) is 6.42. The smallest absolute Gasteiger partial charge is 0.335 e. The lowest BCUT2D eigenvalue weighted by atomic mass is 10.1. The number of nitrogens with one attached hydrogen (secondary N) is 1. The van der Waals surface area contributed by atoms with Crippen LogP contribution in [0.15, 0.2) is 24.3 Å². The number of hydrogen-bond acceptors (Lipinski definition) is 3. The van der Waals surface area contributed by atoms with Crippen LogP contribution in [0.1, 0.15) is 29.3 Å². The van der Waals surface area contributed by atoms with Crippen LogP contribution in [-0.4, -0.2) is 47.1 Å². The van der Waals surface area contributed by atoms with Gasteiger partial charge in [0, 0.05) is 25.4 Å². The molecule has 0 fully saturated rings. The summed E-state index contributed by atoms with van der Waals surface area (Å²) in [6.45, 7) is 3.23. The number of aromatic carboxylic acids is 1. The molecule has 5 nitrogen and oxygen atoms in total. The zero-order chi connectivity index (χ0) is 15.8. The number of carboxylic acid groups (broad SMARTS) is 1. The number of carbonyl (C=O) groups excluding carboxylic acids is 1. The fourth-order valence-corrected chi connectivity index (χ4v) is 2.09. The highest BCUT2D eigenvalue weighted by Gasteiger charge is 2.10. The molecule has 0 aliphatic carbocycles. The van der Waals surface area contributed by atoms with Gasteiger partial charge in [0.15, 0.2) is 0 Å². The summed E-state index contributed by atoms with van der Waals surface area (Å²) in [4.78, 5) is 24.3. The van der Waals surface area contributed by atoms with Crippen molar-refractivity contribution in [1.82, 2.24) is 10.2 Å². The molecule has 0 aliphatic heterocycles. The van der Waals surface area contributed by atoms with Crippen molar-refractivity contribution in [2.24, 2.45) is 0 Å². The van der Waals surface area contributed by atoms with E-state index in [2.05, 4.69) is 18.5 Å². The maximum absolute atomic E-state index is 11.9. The maximum Gasteiger partial charge on any atom is 0.335 e. The fraction of sp³-hybridized carbons (Fsp3) is 0.467. The highest BCUT2D eigenvalue weighted by Crippen LogP contribution is 2.09. The highest BCUT2D eigenvalue weighted by atomic mass is 32.2. The molecule has 1 rings (SSSR count). The van der Waals surface area contributed by atoms with Crippen LogP contribution in [0.2, 0.25) is 0 Å². The van der Waals surface area contributed by atoms with E-state index in [1.807, 2.05) is 0 Å². The summed E-state index contributed by atoms with van der Waals surface area (Å²) < 4.78 is 0. The molecule has 2 amide bonds. The third-order valence-electron chi connectivity index (χ3n) is 3.20. The third-order valence-corrected chi connectivity index (χ3v) is 4.24. The number of carboxylic acids is 1. The first-order valence-corrected chi connectivity index (χ1v) is 8.06. The Labute approximate surface area is 129 Å². The second-order valence-electron chi connectivity index (χ2n) is 4.93. The molecule has 1 unspecified atom stereocenters. The van der Waals surface area contributed by atoms with Crippen LogP contribution in [0.5, 0.6) is 0 Å². The quantitative estimate of drug-likeness (QED) is 0.812. The Morgan fingerprint density at radius 2 is 1.95 bits per heavy atom. The van der Waals surface area contributed by atoms with E-state index in [4.69, 9.17) is 5.11 Å². The molecule has 116 valence electrons. The van der Waals surface area contributed by atoms with E-state index in [0.717, 1.165) is 12.0 Å². The van der Waals surface area contributed by atoms with Crippen molar-refractivity contribution >= 4 is 23.8 Å². The molecule has 1 atom stereocenters. The van der Waals surface area contributed by atoms with E-state index in [1.54, 1.807) is 48.0 Å². The predicted molar refractivity (Wildman–Crippen MR) is 85.9 cm³/mol. The van der Waals surface area contributed by atoms with Gasteiger partial charge in [-0.1, -0.05) is 19.1 Å². The van der Waals surface area contributed by atoms with Crippen molar-refractivity contribution in [1.29, 1.82) is 0 Å². The van der Waals surface area contributed by atoms with Gasteiger partial charge in [-0.15, -0.1) is 0 Å². The van der Waals surface area contributed by atoms with Crippen molar-refractivity contribution in [2.45, 2.75) is 25.1 Å². The first kappa shape index (κ1) is 17.4. The van der Waals surface area contributed by atoms with E-state index in [1.165, 1.54) is 0 Å². The Bertz CT molecular complexity index is 476. The van der Waals surface area contributed by atoms with Gasteiger partial charge < -0.3 is 15.3 Å². The van der Waals surface area contributed by atoms with Crippen LogP contribution < -0.4 is 5.32 Å². The van der Waals surface area contributed by atoms with Gasteiger partial charge in [0.2, 0.25) is 0 Å². The molecular formula is C15H22N2O3S. The average Bonchev–Trinajstić information content (AvgIpc) is 2.47. The predicted octanol–water partition coefficient (Wildman–Crippen LogP) is 2.67. The number of thioether (sulfide) groups is 1. The Kier molecular flexibility index (Phi) is 7.08. The Morgan fingerprint density at radius 1 is 1.33 bits per heavy atom. The van der Waals surface area contributed by atoms with E-state index >= 15 is 0 Å². The van der Waals surface area contributed by atoms with Crippen molar-refractivity contribution in [3.05, 3.63) is 35.4 Å². The maximum atomic E-state index is 11.9. The standard InChI is InChI=1S/C15H22N2O3S/c1-11(21-3)8-9-16-15(20)17(2)10-12-4-6-13(7-5-12)14(18)19/h4-7,11H,8-10H2,1-3H3,(H,16,20)(H,18,19). The lowest BCUT2D eigenvalue weighted by Crippen LogP contribution is -2.37. The first-order chi connectivity index (χ1) is 9.93. The minimum atomic E-state index is -0.949. The van der Waals surface area contributed by atoms with Gasteiger partial charge in [-0.2, -0.15) is 11.8 Å². The largest absolute Gasteiger partial charge is 0.478 e. The summed E-state index contributed by atoms with van der Waals surface area (Å²) in [7, 11) is 1.72. The van der Waals surface area contributed by atoms with E-state index in [9.17, 15) is 9.59 Å². The second-order valence-corrected chi connectivity index (χ2v) is 6.20. The van der Waals surface area contributed by atoms with Gasteiger partial charge in [-0.3, -0.25) is 0 Å². The van der Waals surface area contributed by atoms with Gasteiger partial charge in [0.1, 0.15) is 0 Å². The number of rotatable bonds is 7. The molecule has 0 saturated carbocycles. The van der Waals surface area contributed by atoms with Crippen molar-refractivity contribution in [3.8, 4) is 0 Å². The van der Waals surface area contributed by atoms with Crippen LogP contribution in [0.3, 0.4) is 0 Å². The molecular weight excluding hydrogens is 288 g/mol. The van der Waals surface area contributed by atoms with Crippen LogP contribution >= 0.6 is 11.8 Å². The van der Waals surface area contributed by atoms with Crippen LogP contribution in [0.4, 0.5) is 4.79 Å². The minimum Gasteiger partial charge on any atom is -0.478 e. The number of amides is 2. The topological polar surface area (TPSA) is 69.6 Å². The summed E-state index contributed by atoms with van der Waals surface area (Å²) in [5.41, 5.74) is 1.15. The zero-order valence-electron chi connectivity index (χ0n) is 12.6. The Balaban J connectivity index is 2.42. The third kappa shape index (κ3) is 6.08. The summed E-state index contributed by atoms with van der Waals surface area (Å²) in [5, 5.41) is 12.2. The molecule has 0 aromatic heterocycles. The van der Waals surface area contributed by atoms with E-state index < -0.39 is 5.97 Å². The highest BCUT2D eigenvalue weighted by molar-refractivity contribution is 7.99. The van der Waals surface area contributed by atoms with Crippen LogP contribution in [-0.2, 0) is 6.54 Å². The lowest BCUT2D eigenvalue weighted by molar-refractivity contribution is 0.0697. The summed E-state index contributed by atoms with van der Waals surface area (Å²) in [6.07, 6.45) is 2.99. The molecule has 0 saturated heterocycles. The van der Waals surface area contributed by atoms with Crippen LogP contribution in [0, 0.1) is 0 Å². The average molecular weight is 310 g/mol. The minimum absolute atomic E-state index is 0.120. The fourth-order valence-electron chi connectivity index (χ4n) is 1.73. The molecule has 0 aliphatic rings. The molecule has 0 heterocycles. The molecule has 0 radical (unpaired) electrons. The molecule has 0 spiro atoms. The number of urea groups is 1. The Morgan fingerprint density at radius 3 is 2.48 bits per heavy atom. The number of carbonyl (C=O) groups is 2. The number of benzene rings is 1. The van der Waals surface area contributed by atoms with Gasteiger partial charge >= 0.3 is 12.0 Å². The summed E-state index contributed by atoms with van der Waals surface area (Å²) in [5.74, 6) is -0.949. The van der Waals surface area contributed by atoms with Gasteiger partial charge in [-0.25, -0.2) is 9.59 Å². The lowest BCUT2D eigenvalue weighted by Gasteiger charge is -2.18. The molecule has 1 aromatic carbocycles. The van der Waals surface area contributed by atoms with Crippen molar-refractivity contribution in [2.75, 3.05) is 19.8 Å². The molecule has 0 bridgehead atoms. The van der Waals surface area contributed by atoms with Crippen molar-refractivity contribution < 1.29 is 14.7 Å². The second kappa shape index (κ2) is 8.56. The summed E-state index contributed by atoms with van der Waals surface area (Å²) >= 11 is 1.78. The number of nitrogens with zero attached hydrogens (tertiary/aromatic N) is 1. The van der Waals surface area contributed by atoms with Gasteiger partial charge in [-0.05, 0) is 30.4 Å². The molecule has 2 N–H and O–H groups in total. The SMILES string of the molecule is CSC(C)CCNC(=O)N(C)Cc1ccc(C(=O)O)cc1. The zero-order valence-corrected chi connectivity index (χ0v) is 13.4. The van der Waals surface area contributed by atoms with Crippen LogP contribution in [0.25, 0.3) is 0 Å². The first-order valence-electron chi connectivity index (χ1n) is 6.78.